The van der Waals surface area contributed by atoms with Crippen LogP contribution in [0.2, 0.25) is 0 Å². The molecule has 3 aliphatic rings. The number of anilines is 1. The fraction of sp³-hybridized carbons (Fsp3) is 0.444. The molecule has 0 spiro atoms. The summed E-state index contributed by atoms with van der Waals surface area (Å²) in [6, 6.07) is 8.67. The van der Waals surface area contributed by atoms with Crippen LogP contribution in [0.5, 0.6) is 0 Å². The van der Waals surface area contributed by atoms with Crippen LogP contribution in [0.4, 0.5) is 5.69 Å². The molecule has 0 radical (unpaired) electrons. The summed E-state index contributed by atoms with van der Waals surface area (Å²) < 4.78 is 8.48. The van der Waals surface area contributed by atoms with Crippen molar-refractivity contribution in [1.29, 1.82) is 0 Å². The van der Waals surface area contributed by atoms with E-state index in [1.54, 1.807) is 11.3 Å². The first-order chi connectivity index (χ1) is 11.3. The Labute approximate surface area is 140 Å². The number of hydrogen-bond acceptors (Lipinski definition) is 4. The molecule has 0 bridgehead atoms. The standard InChI is InChI=1S/C18H22N3OS/c1-3-20(4-2)14-8-7-13-11-16-17(22-15(13)12-14)19-18(23-16)21-9-5-6-10-21/h7-8,11-12H,3-6,9-10H2,1-2H3/q+1. The quantitative estimate of drug-likeness (QED) is 0.691. The SMILES string of the molecule is CCN(CC)c1ccc2cc3sc(=[N+]4CCCC4)nc-3oc2c1. The van der Waals surface area contributed by atoms with Crippen LogP contribution in [0.15, 0.2) is 28.7 Å². The van der Waals surface area contributed by atoms with E-state index in [1.807, 2.05) is 0 Å². The van der Waals surface area contributed by atoms with E-state index in [0.29, 0.717) is 0 Å². The van der Waals surface area contributed by atoms with E-state index in [0.717, 1.165) is 52.7 Å². The predicted molar refractivity (Wildman–Crippen MR) is 96.3 cm³/mol. The zero-order chi connectivity index (χ0) is 15.8. The molecular weight excluding hydrogens is 306 g/mol. The molecule has 0 unspecified atom stereocenters. The van der Waals surface area contributed by atoms with E-state index in [2.05, 4.69) is 47.6 Å². The average molecular weight is 328 g/mol. The average Bonchev–Trinajstić information content (AvgIpc) is 3.22. The van der Waals surface area contributed by atoms with Crippen LogP contribution in [0.1, 0.15) is 26.7 Å². The minimum Gasteiger partial charge on any atom is -0.419 e. The summed E-state index contributed by atoms with van der Waals surface area (Å²) >= 11 is 1.74. The lowest BCUT2D eigenvalue weighted by Crippen LogP contribution is -2.25. The third kappa shape index (κ3) is 2.63. The molecule has 3 heterocycles. The van der Waals surface area contributed by atoms with Crippen molar-refractivity contribution in [3.63, 3.8) is 0 Å². The Kier molecular flexibility index (Phi) is 3.81. The van der Waals surface area contributed by atoms with E-state index >= 15 is 0 Å². The number of thiazole rings is 1. The first-order valence-corrected chi connectivity index (χ1v) is 9.27. The summed E-state index contributed by atoms with van der Waals surface area (Å²) in [6.07, 6.45) is 2.53. The Morgan fingerprint density at radius 3 is 2.70 bits per heavy atom. The molecule has 0 aromatic heterocycles. The van der Waals surface area contributed by atoms with Gasteiger partial charge in [0.05, 0.1) is 13.1 Å². The van der Waals surface area contributed by atoms with Crippen LogP contribution in [0.25, 0.3) is 21.7 Å². The minimum absolute atomic E-state index is 0.765. The summed E-state index contributed by atoms with van der Waals surface area (Å²) in [4.78, 5) is 9.29. The van der Waals surface area contributed by atoms with E-state index in [-0.39, 0.29) is 0 Å². The van der Waals surface area contributed by atoms with E-state index < -0.39 is 0 Å². The van der Waals surface area contributed by atoms with Crippen molar-refractivity contribution in [3.05, 3.63) is 29.1 Å². The first kappa shape index (κ1) is 14.7. The maximum atomic E-state index is 6.11. The molecule has 0 aliphatic carbocycles. The molecule has 0 saturated carbocycles. The van der Waals surface area contributed by atoms with Crippen LogP contribution >= 0.6 is 11.3 Å². The van der Waals surface area contributed by atoms with Crippen molar-refractivity contribution in [2.75, 3.05) is 31.1 Å². The van der Waals surface area contributed by atoms with Crippen molar-refractivity contribution in [1.82, 2.24) is 9.56 Å². The normalized spacial score (nSPS) is 15.0. The molecule has 4 nitrogen and oxygen atoms in total. The van der Waals surface area contributed by atoms with Crippen LogP contribution in [0, 0.1) is 0 Å². The lowest BCUT2D eigenvalue weighted by atomic mass is 10.2. The van der Waals surface area contributed by atoms with Gasteiger partial charge in [0.2, 0.25) is 0 Å². The van der Waals surface area contributed by atoms with Gasteiger partial charge in [0.15, 0.2) is 0 Å². The van der Waals surface area contributed by atoms with Crippen LogP contribution in [-0.4, -0.2) is 31.2 Å². The Balaban J connectivity index is 1.86. The predicted octanol–water partition coefficient (Wildman–Crippen LogP) is 3.41. The molecule has 0 atom stereocenters. The highest BCUT2D eigenvalue weighted by Gasteiger charge is 2.22. The maximum absolute atomic E-state index is 6.11. The number of nitrogens with zero attached hydrogens (tertiary/aromatic N) is 3. The molecule has 0 amide bonds. The summed E-state index contributed by atoms with van der Waals surface area (Å²) in [5.41, 5.74) is 2.13. The fourth-order valence-electron chi connectivity index (χ4n) is 3.28. The van der Waals surface area contributed by atoms with Gasteiger partial charge in [-0.3, -0.25) is 0 Å². The van der Waals surface area contributed by atoms with Crippen LogP contribution in [-0.2, 0) is 0 Å². The Hall–Kier alpha value is -1.88. The second kappa shape index (κ2) is 5.96. The zero-order valence-electron chi connectivity index (χ0n) is 13.7. The summed E-state index contributed by atoms with van der Waals surface area (Å²) in [5.74, 6) is 0.765. The monoisotopic (exact) mass is 328 g/mol. The highest BCUT2D eigenvalue weighted by atomic mass is 32.1. The fourth-order valence-corrected chi connectivity index (χ4v) is 4.27. The largest absolute Gasteiger partial charge is 0.419 e. The van der Waals surface area contributed by atoms with E-state index in [1.165, 1.54) is 18.5 Å². The second-order valence-corrected chi connectivity index (χ2v) is 7.01. The molecular formula is C18H22N3OS+. The third-order valence-corrected chi connectivity index (χ3v) is 5.65. The number of hydrogen-bond donors (Lipinski definition) is 0. The van der Waals surface area contributed by atoms with Crippen molar-refractivity contribution in [3.8, 4) is 10.8 Å². The molecule has 23 heavy (non-hydrogen) atoms. The molecule has 1 fully saturated rings. The molecule has 1 saturated heterocycles. The first-order valence-electron chi connectivity index (χ1n) is 8.46. The molecule has 1 aromatic carbocycles. The van der Waals surface area contributed by atoms with Crippen molar-refractivity contribution in [2.45, 2.75) is 26.7 Å². The second-order valence-electron chi connectivity index (χ2n) is 6.00. The van der Waals surface area contributed by atoms with Gasteiger partial charge in [0.25, 0.3) is 0 Å². The Morgan fingerprint density at radius 1 is 1.17 bits per heavy atom. The Morgan fingerprint density at radius 2 is 1.96 bits per heavy atom. The molecule has 5 heteroatoms. The Bertz CT molecular complexity index is 867. The number of aromatic nitrogens is 1. The number of benzene rings is 1. The highest BCUT2D eigenvalue weighted by Crippen LogP contribution is 2.30. The van der Waals surface area contributed by atoms with Crippen molar-refractivity contribution in [2.24, 2.45) is 0 Å². The van der Waals surface area contributed by atoms with Gasteiger partial charge < -0.3 is 9.32 Å². The molecule has 3 aliphatic heterocycles. The molecule has 0 N–H and O–H groups in total. The van der Waals surface area contributed by atoms with Gasteiger partial charge in [0, 0.05) is 35.2 Å². The topological polar surface area (TPSA) is 32.3 Å². The summed E-state index contributed by atoms with van der Waals surface area (Å²) in [5, 5.41) is 1.14. The minimum atomic E-state index is 0.765. The maximum Gasteiger partial charge on any atom is 0.382 e. The van der Waals surface area contributed by atoms with Gasteiger partial charge in [-0.05, 0) is 56.2 Å². The third-order valence-electron chi connectivity index (χ3n) is 4.60. The van der Waals surface area contributed by atoms with Crippen molar-refractivity contribution < 1.29 is 4.42 Å². The zero-order valence-corrected chi connectivity index (χ0v) is 14.5. The van der Waals surface area contributed by atoms with Gasteiger partial charge in [-0.25, -0.2) is 4.58 Å². The smallest absolute Gasteiger partial charge is 0.382 e. The van der Waals surface area contributed by atoms with Gasteiger partial charge in [-0.15, -0.1) is 0 Å². The van der Waals surface area contributed by atoms with Gasteiger partial charge >= 0.3 is 10.7 Å². The van der Waals surface area contributed by atoms with E-state index in [4.69, 9.17) is 9.40 Å². The van der Waals surface area contributed by atoms with Crippen LogP contribution < -0.4 is 14.3 Å². The van der Waals surface area contributed by atoms with E-state index in [9.17, 15) is 0 Å². The lowest BCUT2D eigenvalue weighted by molar-refractivity contribution is 0.595. The molecule has 120 valence electrons. The number of rotatable bonds is 3. The number of fused-ring (bicyclic) bond motifs is 2. The lowest BCUT2D eigenvalue weighted by Gasteiger charge is -2.20. The molecule has 1 aromatic rings. The summed E-state index contributed by atoms with van der Waals surface area (Å²) in [6.45, 7) is 8.59. The highest BCUT2D eigenvalue weighted by molar-refractivity contribution is 7.12. The van der Waals surface area contributed by atoms with Gasteiger partial charge in [0.1, 0.15) is 10.5 Å². The molecule has 4 rings (SSSR count). The van der Waals surface area contributed by atoms with Gasteiger partial charge in [-0.1, -0.05) is 0 Å². The summed E-state index contributed by atoms with van der Waals surface area (Å²) in [7, 11) is 0. The van der Waals surface area contributed by atoms with Crippen LogP contribution in [0.3, 0.4) is 0 Å². The van der Waals surface area contributed by atoms with Gasteiger partial charge in [-0.2, -0.15) is 0 Å². The van der Waals surface area contributed by atoms with Crippen molar-refractivity contribution >= 4 is 28.0 Å².